The van der Waals surface area contributed by atoms with E-state index < -0.39 is 0 Å². The van der Waals surface area contributed by atoms with Crippen molar-refractivity contribution < 1.29 is 4.52 Å². The normalized spacial score (nSPS) is 11.2. The van der Waals surface area contributed by atoms with Crippen LogP contribution in [0.3, 0.4) is 0 Å². The van der Waals surface area contributed by atoms with E-state index in [4.69, 9.17) is 4.52 Å². The summed E-state index contributed by atoms with van der Waals surface area (Å²) in [4.78, 5) is 9.36. The number of nitrogens with zero attached hydrogens (tertiary/aromatic N) is 3. The molecule has 1 N–H and O–H groups in total. The zero-order valence-electron chi connectivity index (χ0n) is 9.52. The first-order valence-electron chi connectivity index (χ1n) is 5.14. The molecule has 0 aliphatic heterocycles. The molecule has 2 aromatic heterocycles. The Bertz CT molecular complexity index is 463. The summed E-state index contributed by atoms with van der Waals surface area (Å²) in [6, 6.07) is 0.410. The lowest BCUT2D eigenvalue weighted by molar-refractivity contribution is 0.418. The van der Waals surface area contributed by atoms with Gasteiger partial charge in [-0.1, -0.05) is 19.0 Å². The third-order valence-electron chi connectivity index (χ3n) is 1.97. The summed E-state index contributed by atoms with van der Waals surface area (Å²) in [5.74, 6) is 1.22. The van der Waals surface area contributed by atoms with Gasteiger partial charge < -0.3 is 9.84 Å². The summed E-state index contributed by atoms with van der Waals surface area (Å²) in [6.45, 7) is 6.73. The zero-order chi connectivity index (χ0) is 11.5. The second-order valence-electron chi connectivity index (χ2n) is 3.79. The van der Waals surface area contributed by atoms with Crippen molar-refractivity contribution in [3.05, 3.63) is 17.0 Å². The summed E-state index contributed by atoms with van der Waals surface area (Å²) in [7, 11) is 0. The standard InChI is InChI=1S/C10H14N4OS/c1-6(2)11-5-9-13-10(15-14-9)8-4-12-7(3)16-8/h4,6,11H,5H2,1-3H3. The molecule has 6 heteroatoms. The highest BCUT2D eigenvalue weighted by atomic mass is 32.1. The number of aromatic nitrogens is 3. The maximum absolute atomic E-state index is 5.17. The first kappa shape index (κ1) is 11.2. The molecule has 0 radical (unpaired) electrons. The first-order valence-corrected chi connectivity index (χ1v) is 5.95. The van der Waals surface area contributed by atoms with E-state index >= 15 is 0 Å². The van der Waals surface area contributed by atoms with E-state index in [0.717, 1.165) is 9.88 Å². The van der Waals surface area contributed by atoms with E-state index in [1.807, 2.05) is 6.92 Å². The molecule has 2 rings (SSSR count). The van der Waals surface area contributed by atoms with Crippen LogP contribution in [-0.4, -0.2) is 21.2 Å². The molecule has 0 aromatic carbocycles. The van der Waals surface area contributed by atoms with Gasteiger partial charge in [0.2, 0.25) is 0 Å². The van der Waals surface area contributed by atoms with Gasteiger partial charge in [0.1, 0.15) is 4.88 Å². The predicted octanol–water partition coefficient (Wildman–Crippen LogP) is 2.00. The predicted molar refractivity (Wildman–Crippen MR) is 62.1 cm³/mol. The molecule has 0 spiro atoms. The molecule has 86 valence electrons. The number of aryl methyl sites for hydroxylation is 1. The quantitative estimate of drug-likeness (QED) is 0.882. The minimum atomic E-state index is 0.410. The first-order chi connectivity index (χ1) is 7.65. The highest BCUT2D eigenvalue weighted by Crippen LogP contribution is 2.23. The average molecular weight is 238 g/mol. The molecule has 5 nitrogen and oxygen atoms in total. The van der Waals surface area contributed by atoms with Crippen LogP contribution in [0.5, 0.6) is 0 Å². The third-order valence-corrected chi connectivity index (χ3v) is 2.87. The van der Waals surface area contributed by atoms with Crippen LogP contribution in [0, 0.1) is 6.92 Å². The van der Waals surface area contributed by atoms with Crippen molar-refractivity contribution in [3.63, 3.8) is 0 Å². The Morgan fingerprint density at radius 3 is 2.94 bits per heavy atom. The number of hydrogen-bond acceptors (Lipinski definition) is 6. The van der Waals surface area contributed by atoms with E-state index in [9.17, 15) is 0 Å². The van der Waals surface area contributed by atoms with E-state index in [0.29, 0.717) is 24.3 Å². The minimum Gasteiger partial charge on any atom is -0.333 e. The molecule has 0 atom stereocenters. The van der Waals surface area contributed by atoms with Crippen LogP contribution in [0.1, 0.15) is 24.7 Å². The van der Waals surface area contributed by atoms with Crippen LogP contribution in [-0.2, 0) is 6.54 Å². The Morgan fingerprint density at radius 1 is 1.50 bits per heavy atom. The molecule has 0 saturated heterocycles. The maximum atomic E-state index is 5.17. The number of thiazole rings is 1. The molecule has 0 fully saturated rings. The molecule has 0 unspecified atom stereocenters. The van der Waals surface area contributed by atoms with Gasteiger partial charge in [-0.2, -0.15) is 4.98 Å². The maximum Gasteiger partial charge on any atom is 0.269 e. The molecule has 0 amide bonds. The van der Waals surface area contributed by atoms with Gasteiger partial charge in [0.25, 0.3) is 5.89 Å². The molecular formula is C10H14N4OS. The Kier molecular flexibility index (Phi) is 3.31. The monoisotopic (exact) mass is 238 g/mol. The molecule has 2 heterocycles. The fraction of sp³-hybridized carbons (Fsp3) is 0.500. The Hall–Kier alpha value is -1.27. The van der Waals surface area contributed by atoms with Gasteiger partial charge in [0.15, 0.2) is 5.82 Å². The number of rotatable bonds is 4. The largest absolute Gasteiger partial charge is 0.333 e. The second-order valence-corrected chi connectivity index (χ2v) is 5.03. The van der Waals surface area contributed by atoms with Crippen molar-refractivity contribution in [3.8, 4) is 10.8 Å². The van der Waals surface area contributed by atoms with Crippen LogP contribution < -0.4 is 5.32 Å². The topological polar surface area (TPSA) is 63.8 Å². The van der Waals surface area contributed by atoms with Crippen LogP contribution >= 0.6 is 11.3 Å². The molecular weight excluding hydrogens is 224 g/mol. The van der Waals surface area contributed by atoms with Crippen LogP contribution in [0.4, 0.5) is 0 Å². The Labute approximate surface area is 97.9 Å². The highest BCUT2D eigenvalue weighted by Gasteiger charge is 2.11. The van der Waals surface area contributed by atoms with Crippen molar-refractivity contribution >= 4 is 11.3 Å². The van der Waals surface area contributed by atoms with Crippen LogP contribution in [0.25, 0.3) is 10.8 Å². The van der Waals surface area contributed by atoms with Crippen LogP contribution in [0.2, 0.25) is 0 Å². The van der Waals surface area contributed by atoms with Crippen molar-refractivity contribution in [2.45, 2.75) is 33.4 Å². The SMILES string of the molecule is Cc1ncc(-c2nc(CNC(C)C)no2)s1. The van der Waals surface area contributed by atoms with Gasteiger partial charge in [-0.05, 0) is 6.92 Å². The fourth-order valence-electron chi connectivity index (χ4n) is 1.18. The van der Waals surface area contributed by atoms with E-state index in [1.54, 1.807) is 17.5 Å². The average Bonchev–Trinajstić information content (AvgIpc) is 2.83. The summed E-state index contributed by atoms with van der Waals surface area (Å²) < 4.78 is 5.17. The van der Waals surface area contributed by atoms with E-state index in [1.165, 1.54) is 0 Å². The number of nitrogens with one attached hydrogen (secondary N) is 1. The van der Waals surface area contributed by atoms with Crippen molar-refractivity contribution in [1.29, 1.82) is 0 Å². The summed E-state index contributed by atoms with van der Waals surface area (Å²) in [5.41, 5.74) is 0. The fourth-order valence-corrected chi connectivity index (χ4v) is 1.88. The van der Waals surface area contributed by atoms with Gasteiger partial charge in [-0.3, -0.25) is 0 Å². The highest BCUT2D eigenvalue weighted by molar-refractivity contribution is 7.14. The molecule has 0 aliphatic carbocycles. The summed E-state index contributed by atoms with van der Waals surface area (Å²) >= 11 is 1.55. The Balaban J connectivity index is 2.07. The smallest absolute Gasteiger partial charge is 0.269 e. The van der Waals surface area contributed by atoms with E-state index in [-0.39, 0.29) is 0 Å². The molecule has 0 aliphatic rings. The lowest BCUT2D eigenvalue weighted by Gasteiger charge is -2.02. The zero-order valence-corrected chi connectivity index (χ0v) is 10.3. The molecule has 2 aromatic rings. The Morgan fingerprint density at radius 2 is 2.31 bits per heavy atom. The third kappa shape index (κ3) is 2.65. The van der Waals surface area contributed by atoms with E-state index in [2.05, 4.69) is 34.3 Å². The van der Waals surface area contributed by atoms with Crippen molar-refractivity contribution in [2.24, 2.45) is 0 Å². The minimum absolute atomic E-state index is 0.410. The van der Waals surface area contributed by atoms with Gasteiger partial charge in [-0.15, -0.1) is 11.3 Å². The molecule has 0 bridgehead atoms. The van der Waals surface area contributed by atoms with Crippen molar-refractivity contribution in [1.82, 2.24) is 20.4 Å². The van der Waals surface area contributed by atoms with Crippen molar-refractivity contribution in [2.75, 3.05) is 0 Å². The van der Waals surface area contributed by atoms with Gasteiger partial charge in [0.05, 0.1) is 17.7 Å². The van der Waals surface area contributed by atoms with Crippen LogP contribution in [0.15, 0.2) is 10.7 Å². The summed E-state index contributed by atoms with van der Waals surface area (Å²) in [5, 5.41) is 8.13. The van der Waals surface area contributed by atoms with Gasteiger partial charge in [0, 0.05) is 6.04 Å². The van der Waals surface area contributed by atoms with Gasteiger partial charge >= 0.3 is 0 Å². The molecule has 16 heavy (non-hydrogen) atoms. The van der Waals surface area contributed by atoms with Gasteiger partial charge in [-0.25, -0.2) is 4.98 Å². The second kappa shape index (κ2) is 4.71. The summed E-state index contributed by atoms with van der Waals surface area (Å²) in [6.07, 6.45) is 1.76. The number of hydrogen-bond donors (Lipinski definition) is 1. The lowest BCUT2D eigenvalue weighted by Crippen LogP contribution is -2.22. The molecule has 0 saturated carbocycles. The lowest BCUT2D eigenvalue weighted by atomic mass is 10.4.